The Morgan fingerprint density at radius 3 is 1.29 bits per heavy atom. The molecule has 0 saturated heterocycles. The van der Waals surface area contributed by atoms with Crippen molar-refractivity contribution in [1.82, 2.24) is 4.57 Å². The van der Waals surface area contributed by atoms with Gasteiger partial charge in [0.25, 0.3) is 0 Å². The quantitative estimate of drug-likeness (QED) is 0.210. The molecule has 0 aliphatic heterocycles. The van der Waals surface area contributed by atoms with Gasteiger partial charge in [-0.05, 0) is 82.9 Å². The number of nitrogens with zero attached hydrogens (tertiary/aromatic N) is 5. The van der Waals surface area contributed by atoms with Crippen molar-refractivity contribution in [3.8, 4) is 63.3 Å². The van der Waals surface area contributed by atoms with Crippen LogP contribution in [-0.4, -0.2) is 4.57 Å². The SMILES string of the molecule is N#Cc1cccc(C#N)c1-c1ccc2c(c1)c1cc(-c3c(C#N)cccc3C#N)ccc1n2-c1cccc(-c2ccccc2)c1. The molecule has 0 aliphatic carbocycles. The average Bonchev–Trinajstić information content (AvgIpc) is 3.44. The third-order valence-corrected chi connectivity index (χ3v) is 8.16. The number of fused-ring (bicyclic) bond motifs is 3. The minimum atomic E-state index is 0.426. The van der Waals surface area contributed by atoms with Gasteiger partial charge in [-0.2, -0.15) is 21.0 Å². The normalized spacial score (nSPS) is 10.6. The van der Waals surface area contributed by atoms with E-state index in [0.29, 0.717) is 33.4 Å². The Balaban J connectivity index is 1.55. The first-order chi connectivity index (χ1) is 22.1. The molecular weight excluding hydrogens is 550 g/mol. The van der Waals surface area contributed by atoms with Crippen LogP contribution in [0.2, 0.25) is 0 Å². The van der Waals surface area contributed by atoms with E-state index in [1.165, 1.54) is 0 Å². The Morgan fingerprint density at radius 1 is 0.378 bits per heavy atom. The number of hydrogen-bond acceptors (Lipinski definition) is 4. The Labute approximate surface area is 259 Å². The van der Waals surface area contributed by atoms with Crippen LogP contribution in [0.25, 0.3) is 60.9 Å². The summed E-state index contributed by atoms with van der Waals surface area (Å²) in [5, 5.41) is 41.4. The molecule has 0 bridgehead atoms. The lowest BCUT2D eigenvalue weighted by Gasteiger charge is -2.12. The van der Waals surface area contributed by atoms with Crippen molar-refractivity contribution >= 4 is 21.8 Å². The van der Waals surface area contributed by atoms with Crippen LogP contribution in [-0.2, 0) is 0 Å². The van der Waals surface area contributed by atoms with Gasteiger partial charge in [0.2, 0.25) is 0 Å². The maximum absolute atomic E-state index is 9.90. The number of benzene rings is 6. The van der Waals surface area contributed by atoms with Gasteiger partial charge in [-0.3, -0.25) is 0 Å². The Morgan fingerprint density at radius 2 is 0.822 bits per heavy atom. The smallest absolute Gasteiger partial charge is 0.0998 e. The standard InChI is InChI=1S/C40H21N5/c41-22-30-10-4-11-31(23-42)39(30)28-15-17-37-35(20-28)36-21-29(40-32(24-43)12-5-13-33(40)25-44)16-18-38(36)45(37)34-14-6-9-27(19-34)26-7-2-1-3-8-26/h1-21H. The first-order valence-electron chi connectivity index (χ1n) is 14.3. The van der Waals surface area contributed by atoms with Crippen LogP contribution in [0.5, 0.6) is 0 Å². The van der Waals surface area contributed by atoms with E-state index in [0.717, 1.165) is 49.7 Å². The second kappa shape index (κ2) is 11.1. The zero-order valence-corrected chi connectivity index (χ0v) is 23.9. The molecule has 7 rings (SSSR count). The van der Waals surface area contributed by atoms with Crippen LogP contribution in [0, 0.1) is 45.3 Å². The molecule has 6 aromatic carbocycles. The molecule has 0 amide bonds. The second-order valence-corrected chi connectivity index (χ2v) is 10.6. The van der Waals surface area contributed by atoms with Crippen molar-refractivity contribution in [2.45, 2.75) is 0 Å². The van der Waals surface area contributed by atoms with Crippen LogP contribution >= 0.6 is 0 Å². The number of aromatic nitrogens is 1. The highest BCUT2D eigenvalue weighted by Gasteiger charge is 2.19. The number of hydrogen-bond donors (Lipinski definition) is 0. The third-order valence-electron chi connectivity index (χ3n) is 8.16. The van der Waals surface area contributed by atoms with Gasteiger partial charge in [0, 0.05) is 27.6 Å². The maximum Gasteiger partial charge on any atom is 0.0998 e. The minimum absolute atomic E-state index is 0.426. The van der Waals surface area contributed by atoms with Gasteiger partial charge in [-0.1, -0.05) is 66.7 Å². The Bertz CT molecular complexity index is 2280. The predicted octanol–water partition coefficient (Wildman–Crippen LogP) is 9.27. The largest absolute Gasteiger partial charge is 0.309 e. The fraction of sp³-hybridized carbons (Fsp3) is 0. The summed E-state index contributed by atoms with van der Waals surface area (Å²) >= 11 is 0. The van der Waals surface area contributed by atoms with Gasteiger partial charge >= 0.3 is 0 Å². The van der Waals surface area contributed by atoms with Crippen molar-refractivity contribution in [1.29, 1.82) is 21.0 Å². The molecule has 0 spiro atoms. The molecule has 0 unspecified atom stereocenters. The van der Waals surface area contributed by atoms with Gasteiger partial charge in [-0.25, -0.2) is 0 Å². The molecular formula is C40H21N5. The summed E-state index contributed by atoms with van der Waals surface area (Å²) in [5.74, 6) is 0. The predicted molar refractivity (Wildman–Crippen MR) is 176 cm³/mol. The summed E-state index contributed by atoms with van der Waals surface area (Å²) in [5.41, 5.74) is 9.46. The summed E-state index contributed by atoms with van der Waals surface area (Å²) in [6.07, 6.45) is 0. The lowest BCUT2D eigenvalue weighted by atomic mass is 9.93. The van der Waals surface area contributed by atoms with Crippen LogP contribution < -0.4 is 0 Å². The molecule has 0 aliphatic rings. The van der Waals surface area contributed by atoms with E-state index in [2.05, 4.69) is 59.2 Å². The molecule has 0 radical (unpaired) electrons. The second-order valence-electron chi connectivity index (χ2n) is 10.6. The zero-order valence-electron chi connectivity index (χ0n) is 23.9. The summed E-state index contributed by atoms with van der Waals surface area (Å²) in [7, 11) is 0. The molecule has 0 fully saturated rings. The number of rotatable bonds is 4. The monoisotopic (exact) mass is 571 g/mol. The van der Waals surface area contributed by atoms with Gasteiger partial charge in [0.1, 0.15) is 0 Å². The number of nitriles is 4. The fourth-order valence-electron chi connectivity index (χ4n) is 6.17. The van der Waals surface area contributed by atoms with Gasteiger partial charge in [0.15, 0.2) is 0 Å². The van der Waals surface area contributed by atoms with Crippen molar-refractivity contribution in [3.05, 3.63) is 150 Å². The fourth-order valence-corrected chi connectivity index (χ4v) is 6.17. The molecule has 206 valence electrons. The van der Waals surface area contributed by atoms with E-state index in [1.54, 1.807) is 36.4 Å². The summed E-state index contributed by atoms with van der Waals surface area (Å²) < 4.78 is 2.20. The van der Waals surface area contributed by atoms with Crippen molar-refractivity contribution in [2.24, 2.45) is 0 Å². The van der Waals surface area contributed by atoms with Crippen LogP contribution in [0.3, 0.4) is 0 Å². The van der Waals surface area contributed by atoms with E-state index in [-0.39, 0.29) is 0 Å². The molecule has 0 atom stereocenters. The topological polar surface area (TPSA) is 100 Å². The summed E-state index contributed by atoms with van der Waals surface area (Å²) in [4.78, 5) is 0. The van der Waals surface area contributed by atoms with Crippen molar-refractivity contribution in [2.75, 3.05) is 0 Å². The molecule has 5 heteroatoms. The molecule has 7 aromatic rings. The maximum atomic E-state index is 9.90. The molecule has 45 heavy (non-hydrogen) atoms. The summed E-state index contributed by atoms with van der Waals surface area (Å²) in [6.45, 7) is 0. The lowest BCUT2D eigenvalue weighted by molar-refractivity contribution is 1.18. The average molecular weight is 572 g/mol. The Hall–Kier alpha value is -6.92. The Kier molecular flexibility index (Phi) is 6.62. The van der Waals surface area contributed by atoms with Crippen molar-refractivity contribution in [3.63, 3.8) is 0 Å². The third kappa shape index (κ3) is 4.47. The zero-order chi connectivity index (χ0) is 30.9. The van der Waals surface area contributed by atoms with Gasteiger partial charge in [0.05, 0.1) is 57.6 Å². The first-order valence-corrected chi connectivity index (χ1v) is 14.3. The van der Waals surface area contributed by atoms with Crippen molar-refractivity contribution < 1.29 is 0 Å². The summed E-state index contributed by atoms with van der Waals surface area (Å²) in [6, 6.07) is 49.9. The van der Waals surface area contributed by atoms with E-state index in [9.17, 15) is 21.0 Å². The molecule has 1 heterocycles. The van der Waals surface area contributed by atoms with Crippen LogP contribution in [0.15, 0.2) is 127 Å². The molecule has 0 N–H and O–H groups in total. The minimum Gasteiger partial charge on any atom is -0.309 e. The lowest BCUT2D eigenvalue weighted by Crippen LogP contribution is -1.95. The van der Waals surface area contributed by atoms with Gasteiger partial charge < -0.3 is 4.57 Å². The first kappa shape index (κ1) is 26.9. The highest BCUT2D eigenvalue weighted by Crippen LogP contribution is 2.40. The molecule has 5 nitrogen and oxygen atoms in total. The van der Waals surface area contributed by atoms with E-state index >= 15 is 0 Å². The van der Waals surface area contributed by atoms with Gasteiger partial charge in [-0.15, -0.1) is 0 Å². The van der Waals surface area contributed by atoms with Crippen LogP contribution in [0.1, 0.15) is 22.3 Å². The van der Waals surface area contributed by atoms with E-state index in [4.69, 9.17) is 0 Å². The van der Waals surface area contributed by atoms with E-state index in [1.807, 2.05) is 60.7 Å². The molecule has 1 aromatic heterocycles. The van der Waals surface area contributed by atoms with Crippen LogP contribution in [0.4, 0.5) is 0 Å². The molecule has 0 saturated carbocycles. The van der Waals surface area contributed by atoms with E-state index < -0.39 is 0 Å². The highest BCUT2D eigenvalue weighted by atomic mass is 15.0. The highest BCUT2D eigenvalue weighted by molar-refractivity contribution is 6.12.